The SMILES string of the molecule is Cc1ccc(NC(=O)OC2CN(c3cc(F)c(C4CCC(=O)NC4=O)c(F)c3)C2)cc1OC(F)F. The van der Waals surface area contributed by atoms with Crippen LogP contribution in [0.3, 0.4) is 0 Å². The summed E-state index contributed by atoms with van der Waals surface area (Å²) < 4.78 is 64.0. The van der Waals surface area contributed by atoms with Gasteiger partial charge in [0.2, 0.25) is 11.8 Å². The molecule has 2 aliphatic heterocycles. The molecule has 2 aromatic carbocycles. The maximum Gasteiger partial charge on any atom is 0.412 e. The highest BCUT2D eigenvalue weighted by molar-refractivity contribution is 6.01. The maximum atomic E-state index is 14.7. The van der Waals surface area contributed by atoms with Crippen LogP contribution < -0.4 is 20.3 Å². The molecule has 0 spiro atoms. The van der Waals surface area contributed by atoms with E-state index in [1.165, 1.54) is 18.2 Å². The second kappa shape index (κ2) is 9.80. The van der Waals surface area contributed by atoms with Gasteiger partial charge in [0.05, 0.1) is 19.0 Å². The average molecular weight is 495 g/mol. The van der Waals surface area contributed by atoms with Crippen molar-refractivity contribution < 1.29 is 41.4 Å². The first-order valence-electron chi connectivity index (χ1n) is 10.7. The van der Waals surface area contributed by atoms with E-state index in [4.69, 9.17) is 4.74 Å². The highest BCUT2D eigenvalue weighted by atomic mass is 19.3. The Morgan fingerprint density at radius 3 is 2.46 bits per heavy atom. The number of carbonyl (C=O) groups is 3. The summed E-state index contributed by atoms with van der Waals surface area (Å²) in [5.41, 5.74) is 0.478. The molecule has 0 aromatic heterocycles. The van der Waals surface area contributed by atoms with E-state index in [1.807, 2.05) is 0 Å². The lowest BCUT2D eigenvalue weighted by Gasteiger charge is -2.40. The Morgan fingerprint density at radius 1 is 1.14 bits per heavy atom. The van der Waals surface area contributed by atoms with Crippen molar-refractivity contribution in [1.82, 2.24) is 5.32 Å². The van der Waals surface area contributed by atoms with Gasteiger partial charge in [0.15, 0.2) is 0 Å². The predicted molar refractivity (Wildman–Crippen MR) is 115 cm³/mol. The van der Waals surface area contributed by atoms with Crippen LogP contribution in [0.2, 0.25) is 0 Å². The van der Waals surface area contributed by atoms with Crippen LogP contribution in [0.15, 0.2) is 30.3 Å². The van der Waals surface area contributed by atoms with Crippen molar-refractivity contribution in [3.05, 3.63) is 53.1 Å². The number of amides is 3. The van der Waals surface area contributed by atoms with E-state index < -0.39 is 48.2 Å². The minimum atomic E-state index is -3.01. The van der Waals surface area contributed by atoms with Gasteiger partial charge < -0.3 is 14.4 Å². The summed E-state index contributed by atoms with van der Waals surface area (Å²) in [4.78, 5) is 37.0. The highest BCUT2D eigenvalue weighted by Crippen LogP contribution is 2.33. The number of nitrogens with zero attached hydrogens (tertiary/aromatic N) is 1. The van der Waals surface area contributed by atoms with Gasteiger partial charge in [0.25, 0.3) is 0 Å². The molecule has 1 unspecified atom stereocenters. The molecular formula is C23H21F4N3O5. The molecule has 2 saturated heterocycles. The first-order chi connectivity index (χ1) is 16.6. The van der Waals surface area contributed by atoms with E-state index in [0.717, 1.165) is 12.1 Å². The lowest BCUT2D eigenvalue weighted by atomic mass is 9.89. The summed E-state index contributed by atoms with van der Waals surface area (Å²) in [5.74, 6) is -4.21. The van der Waals surface area contributed by atoms with Crippen LogP contribution in [0, 0.1) is 18.6 Å². The largest absolute Gasteiger partial charge is 0.442 e. The van der Waals surface area contributed by atoms with E-state index in [1.54, 1.807) is 11.8 Å². The minimum Gasteiger partial charge on any atom is -0.442 e. The van der Waals surface area contributed by atoms with Crippen LogP contribution in [0.5, 0.6) is 5.75 Å². The fourth-order valence-electron chi connectivity index (χ4n) is 3.98. The number of nitrogens with one attached hydrogen (secondary N) is 2. The Labute approximate surface area is 197 Å². The first-order valence-corrected chi connectivity index (χ1v) is 10.7. The van der Waals surface area contributed by atoms with Crippen LogP contribution in [-0.2, 0) is 14.3 Å². The van der Waals surface area contributed by atoms with Gasteiger partial charge in [-0.25, -0.2) is 13.6 Å². The topological polar surface area (TPSA) is 97.0 Å². The molecule has 2 aliphatic rings. The van der Waals surface area contributed by atoms with Gasteiger partial charge in [0, 0.05) is 29.4 Å². The molecular weight excluding hydrogens is 474 g/mol. The van der Waals surface area contributed by atoms with Gasteiger partial charge in [-0.3, -0.25) is 20.2 Å². The van der Waals surface area contributed by atoms with Crippen molar-refractivity contribution in [2.24, 2.45) is 0 Å². The maximum absolute atomic E-state index is 14.7. The fraction of sp³-hybridized carbons (Fsp3) is 0.348. The molecule has 3 amide bonds. The van der Waals surface area contributed by atoms with Crippen molar-refractivity contribution in [2.75, 3.05) is 23.3 Å². The molecule has 1 atom stereocenters. The number of alkyl halides is 2. The molecule has 0 aliphatic carbocycles. The zero-order valence-electron chi connectivity index (χ0n) is 18.4. The zero-order valence-corrected chi connectivity index (χ0v) is 18.4. The van der Waals surface area contributed by atoms with E-state index in [2.05, 4.69) is 15.4 Å². The summed E-state index contributed by atoms with van der Waals surface area (Å²) in [6, 6.07) is 6.42. The molecule has 2 aromatic rings. The number of aryl methyl sites for hydroxylation is 1. The third kappa shape index (κ3) is 5.47. The molecule has 2 heterocycles. The lowest BCUT2D eigenvalue weighted by Crippen LogP contribution is -2.53. The molecule has 2 fully saturated rings. The molecule has 35 heavy (non-hydrogen) atoms. The van der Waals surface area contributed by atoms with Gasteiger partial charge in [-0.1, -0.05) is 6.07 Å². The number of piperidine rings is 1. The molecule has 12 heteroatoms. The number of imide groups is 1. The molecule has 186 valence electrons. The Morgan fingerprint density at radius 2 is 1.83 bits per heavy atom. The number of hydrogen-bond donors (Lipinski definition) is 2. The van der Waals surface area contributed by atoms with Crippen LogP contribution in [0.4, 0.5) is 33.7 Å². The van der Waals surface area contributed by atoms with E-state index in [0.29, 0.717) is 5.56 Å². The van der Waals surface area contributed by atoms with Crippen molar-refractivity contribution in [2.45, 2.75) is 38.4 Å². The standard InChI is InChI=1S/C23H21F4N3O5/c1-11-2-3-12(6-18(11)35-22(26)27)28-23(33)34-14-9-30(10-14)13-7-16(24)20(17(25)8-13)15-4-5-19(31)29-21(15)32/h2-3,6-8,14-15,22H,4-5,9-10H2,1H3,(H,28,33)(H,29,31,32). The van der Waals surface area contributed by atoms with Gasteiger partial charge in [-0.15, -0.1) is 0 Å². The number of hydrogen-bond acceptors (Lipinski definition) is 6. The van der Waals surface area contributed by atoms with Gasteiger partial charge in [-0.05, 0) is 37.1 Å². The third-order valence-electron chi connectivity index (χ3n) is 5.79. The molecule has 0 bridgehead atoms. The summed E-state index contributed by atoms with van der Waals surface area (Å²) >= 11 is 0. The molecule has 2 N–H and O–H groups in total. The minimum absolute atomic E-state index is 0.00656. The number of halogens is 4. The smallest absolute Gasteiger partial charge is 0.412 e. The normalized spacial score (nSPS) is 18.2. The van der Waals surface area contributed by atoms with Crippen molar-refractivity contribution in [3.8, 4) is 5.75 Å². The fourth-order valence-corrected chi connectivity index (χ4v) is 3.98. The Hall–Kier alpha value is -3.83. The van der Waals surface area contributed by atoms with Crippen molar-refractivity contribution in [3.63, 3.8) is 0 Å². The quantitative estimate of drug-likeness (QED) is 0.467. The number of rotatable bonds is 6. The predicted octanol–water partition coefficient (Wildman–Crippen LogP) is 3.83. The van der Waals surface area contributed by atoms with Crippen LogP contribution in [-0.4, -0.2) is 43.7 Å². The lowest BCUT2D eigenvalue weighted by molar-refractivity contribution is -0.134. The number of carbonyl (C=O) groups excluding carboxylic acids is 3. The van der Waals surface area contributed by atoms with Gasteiger partial charge >= 0.3 is 12.7 Å². The summed E-state index contributed by atoms with van der Waals surface area (Å²) in [5, 5.41) is 4.50. The Kier molecular flexibility index (Phi) is 6.81. The van der Waals surface area contributed by atoms with Crippen LogP contribution in [0.25, 0.3) is 0 Å². The van der Waals surface area contributed by atoms with Gasteiger partial charge in [0.1, 0.15) is 23.5 Å². The van der Waals surface area contributed by atoms with E-state index in [9.17, 15) is 31.9 Å². The Balaban J connectivity index is 1.33. The van der Waals surface area contributed by atoms with Crippen LogP contribution in [0.1, 0.15) is 29.9 Å². The second-order valence-electron chi connectivity index (χ2n) is 8.24. The monoisotopic (exact) mass is 495 g/mol. The van der Waals surface area contributed by atoms with Gasteiger partial charge in [-0.2, -0.15) is 8.78 Å². The summed E-state index contributed by atoms with van der Waals surface area (Å²) in [7, 11) is 0. The summed E-state index contributed by atoms with van der Waals surface area (Å²) in [6.45, 7) is -1.11. The summed E-state index contributed by atoms with van der Waals surface area (Å²) in [6.07, 6.45) is -1.39. The zero-order chi connectivity index (χ0) is 25.3. The van der Waals surface area contributed by atoms with Crippen molar-refractivity contribution in [1.29, 1.82) is 0 Å². The van der Waals surface area contributed by atoms with E-state index in [-0.39, 0.29) is 48.6 Å². The second-order valence-corrected chi connectivity index (χ2v) is 8.24. The molecule has 0 saturated carbocycles. The highest BCUT2D eigenvalue weighted by Gasteiger charge is 2.35. The third-order valence-corrected chi connectivity index (χ3v) is 5.79. The molecule has 4 rings (SSSR count). The van der Waals surface area contributed by atoms with Crippen molar-refractivity contribution >= 4 is 29.3 Å². The number of ether oxygens (including phenoxy) is 2. The number of anilines is 2. The average Bonchev–Trinajstić information content (AvgIpc) is 2.73. The van der Waals surface area contributed by atoms with Crippen LogP contribution >= 0.6 is 0 Å². The molecule has 0 radical (unpaired) electrons. The van der Waals surface area contributed by atoms with E-state index >= 15 is 0 Å². The molecule has 8 nitrogen and oxygen atoms in total. The first kappa shape index (κ1) is 24.3. The Bertz CT molecular complexity index is 1150. The number of benzene rings is 2.